The quantitative estimate of drug-likeness (QED) is 0.732. The zero-order valence-corrected chi connectivity index (χ0v) is 14.0. The van der Waals surface area contributed by atoms with Crippen molar-refractivity contribution in [1.82, 2.24) is 4.72 Å². The molecule has 4 N–H and O–H groups in total. The van der Waals surface area contributed by atoms with Crippen LogP contribution in [-0.4, -0.2) is 26.4 Å². The third-order valence-corrected chi connectivity index (χ3v) is 3.90. The van der Waals surface area contributed by atoms with Gasteiger partial charge in [0.25, 0.3) is 0 Å². The fraction of sp³-hybridized carbons (Fsp3) is 0.462. The molecular formula is C13H22ClN3O3S. The number of hydrogen-bond acceptors (Lipinski definition) is 4. The van der Waals surface area contributed by atoms with E-state index in [0.29, 0.717) is 12.1 Å². The number of carbonyl (C=O) groups excluding carboxylic acids is 1. The van der Waals surface area contributed by atoms with Crippen LogP contribution in [0.1, 0.15) is 27.2 Å². The second-order valence-corrected chi connectivity index (χ2v) is 7.01. The van der Waals surface area contributed by atoms with Crippen LogP contribution in [0.15, 0.2) is 29.2 Å². The third kappa shape index (κ3) is 6.90. The summed E-state index contributed by atoms with van der Waals surface area (Å²) in [5, 5.41) is 2.65. The van der Waals surface area contributed by atoms with E-state index in [0.717, 1.165) is 0 Å². The minimum absolute atomic E-state index is 0. The lowest BCUT2D eigenvalue weighted by Gasteiger charge is -2.19. The maximum absolute atomic E-state index is 12.0. The molecule has 1 amide bonds. The molecule has 0 spiro atoms. The van der Waals surface area contributed by atoms with Crippen molar-refractivity contribution in [3.8, 4) is 0 Å². The molecular weight excluding hydrogens is 314 g/mol. The van der Waals surface area contributed by atoms with E-state index in [2.05, 4.69) is 10.0 Å². The second kappa shape index (κ2) is 7.74. The largest absolute Gasteiger partial charge is 0.326 e. The highest BCUT2D eigenvalue weighted by Gasteiger charge is 2.18. The Morgan fingerprint density at radius 2 is 1.76 bits per heavy atom. The number of benzene rings is 1. The van der Waals surface area contributed by atoms with E-state index in [-0.39, 0.29) is 29.8 Å². The summed E-state index contributed by atoms with van der Waals surface area (Å²) in [6.07, 6.45) is 0.368. The van der Waals surface area contributed by atoms with Gasteiger partial charge in [0.2, 0.25) is 15.9 Å². The first-order chi connectivity index (χ1) is 9.14. The summed E-state index contributed by atoms with van der Waals surface area (Å²) in [5.74, 6) is -0.122. The number of anilines is 1. The molecule has 0 unspecified atom stereocenters. The van der Waals surface area contributed by atoms with Crippen LogP contribution in [0.4, 0.5) is 5.69 Å². The number of hydrogen-bond donors (Lipinski definition) is 3. The Balaban J connectivity index is 0.00000400. The van der Waals surface area contributed by atoms with Crippen molar-refractivity contribution >= 4 is 34.0 Å². The molecule has 0 heterocycles. The summed E-state index contributed by atoms with van der Waals surface area (Å²) in [6.45, 7) is 5.36. The molecule has 0 aliphatic carbocycles. The van der Waals surface area contributed by atoms with E-state index in [1.165, 1.54) is 12.1 Å². The average Bonchev–Trinajstić information content (AvgIpc) is 2.36. The van der Waals surface area contributed by atoms with E-state index < -0.39 is 15.6 Å². The molecule has 0 fully saturated rings. The van der Waals surface area contributed by atoms with Crippen molar-refractivity contribution in [3.63, 3.8) is 0 Å². The third-order valence-electron chi connectivity index (χ3n) is 2.49. The van der Waals surface area contributed by atoms with E-state index >= 15 is 0 Å². The van der Waals surface area contributed by atoms with Crippen molar-refractivity contribution in [2.75, 3.05) is 11.9 Å². The van der Waals surface area contributed by atoms with Crippen LogP contribution in [0.2, 0.25) is 0 Å². The molecule has 21 heavy (non-hydrogen) atoms. The summed E-state index contributed by atoms with van der Waals surface area (Å²) >= 11 is 0. The Morgan fingerprint density at radius 3 is 2.19 bits per heavy atom. The molecule has 1 rings (SSSR count). The molecule has 0 aromatic heterocycles. The molecule has 0 aliphatic rings. The molecule has 0 atom stereocenters. The van der Waals surface area contributed by atoms with Crippen molar-refractivity contribution in [3.05, 3.63) is 24.3 Å². The fourth-order valence-corrected chi connectivity index (χ4v) is 2.55. The smallest absolute Gasteiger partial charge is 0.240 e. The highest BCUT2D eigenvalue weighted by molar-refractivity contribution is 7.89. The summed E-state index contributed by atoms with van der Waals surface area (Å²) in [6, 6.07) is 5.99. The van der Waals surface area contributed by atoms with Crippen molar-refractivity contribution in [1.29, 1.82) is 0 Å². The van der Waals surface area contributed by atoms with Crippen molar-refractivity contribution in [2.45, 2.75) is 37.6 Å². The summed E-state index contributed by atoms with van der Waals surface area (Å²) in [4.78, 5) is 11.4. The minimum Gasteiger partial charge on any atom is -0.326 e. The Bertz CT molecular complexity index is 565. The average molecular weight is 336 g/mol. The molecule has 0 aliphatic heterocycles. The molecule has 0 saturated heterocycles. The molecule has 0 radical (unpaired) electrons. The Labute approximate surface area is 132 Å². The van der Waals surface area contributed by atoms with Crippen molar-refractivity contribution < 1.29 is 13.2 Å². The monoisotopic (exact) mass is 335 g/mol. The highest BCUT2D eigenvalue weighted by Crippen LogP contribution is 2.14. The number of carbonyl (C=O) groups is 1. The second-order valence-electron chi connectivity index (χ2n) is 5.24. The van der Waals surface area contributed by atoms with Gasteiger partial charge in [0, 0.05) is 24.2 Å². The Kier molecular flexibility index (Phi) is 7.32. The summed E-state index contributed by atoms with van der Waals surface area (Å²) < 4.78 is 26.5. The first kappa shape index (κ1) is 19.9. The number of amides is 1. The van der Waals surface area contributed by atoms with E-state index in [1.807, 2.05) is 0 Å². The van der Waals surface area contributed by atoms with Crippen LogP contribution >= 0.6 is 12.4 Å². The predicted molar refractivity (Wildman–Crippen MR) is 86.1 cm³/mol. The fourth-order valence-electron chi connectivity index (χ4n) is 1.33. The van der Waals surface area contributed by atoms with E-state index in [1.54, 1.807) is 32.9 Å². The molecule has 1 aromatic rings. The number of rotatable bonds is 6. The minimum atomic E-state index is -3.59. The van der Waals surface area contributed by atoms with Crippen LogP contribution < -0.4 is 15.8 Å². The Hall–Kier alpha value is -1.15. The molecule has 6 nitrogen and oxygen atoms in total. The van der Waals surface area contributed by atoms with Gasteiger partial charge < -0.3 is 11.1 Å². The normalized spacial score (nSPS) is 11.6. The molecule has 1 aromatic carbocycles. The van der Waals surface area contributed by atoms with Crippen LogP contribution in [-0.2, 0) is 14.8 Å². The predicted octanol–water partition coefficient (Wildman–Crippen LogP) is 1.47. The van der Waals surface area contributed by atoms with Gasteiger partial charge in [0.05, 0.1) is 4.90 Å². The van der Waals surface area contributed by atoms with Crippen LogP contribution in [0, 0.1) is 0 Å². The maximum atomic E-state index is 12.0. The first-order valence-corrected chi connectivity index (χ1v) is 7.81. The zero-order chi connectivity index (χ0) is 15.4. The number of nitrogens with one attached hydrogen (secondary N) is 2. The lowest BCUT2D eigenvalue weighted by molar-refractivity contribution is -0.115. The van der Waals surface area contributed by atoms with Gasteiger partial charge in [-0.05, 0) is 38.1 Å². The standard InChI is InChI=1S/C13H21N3O3S.ClH/c1-4-12(17)16-10-5-7-11(8-6-10)20(18,19)15-9-13(2,3)14;/h5-8,15H,4,9,14H2,1-3H3,(H,16,17);1H. The van der Waals surface area contributed by atoms with Gasteiger partial charge in [-0.3, -0.25) is 4.79 Å². The van der Waals surface area contributed by atoms with Crippen LogP contribution in [0.5, 0.6) is 0 Å². The number of sulfonamides is 1. The summed E-state index contributed by atoms with van der Waals surface area (Å²) in [7, 11) is -3.59. The summed E-state index contributed by atoms with van der Waals surface area (Å²) in [5.41, 5.74) is 5.68. The molecule has 0 bridgehead atoms. The number of nitrogens with two attached hydrogens (primary N) is 1. The van der Waals surface area contributed by atoms with Gasteiger partial charge in [-0.25, -0.2) is 13.1 Å². The van der Waals surface area contributed by atoms with Gasteiger partial charge in [-0.15, -0.1) is 12.4 Å². The lowest BCUT2D eigenvalue weighted by atomic mass is 10.1. The van der Waals surface area contributed by atoms with Gasteiger partial charge in [0.15, 0.2) is 0 Å². The topological polar surface area (TPSA) is 101 Å². The van der Waals surface area contributed by atoms with Gasteiger partial charge in [0.1, 0.15) is 0 Å². The van der Waals surface area contributed by atoms with Crippen molar-refractivity contribution in [2.24, 2.45) is 5.73 Å². The van der Waals surface area contributed by atoms with Gasteiger partial charge >= 0.3 is 0 Å². The van der Waals surface area contributed by atoms with Crippen LogP contribution in [0.25, 0.3) is 0 Å². The van der Waals surface area contributed by atoms with Crippen LogP contribution in [0.3, 0.4) is 0 Å². The SMILES string of the molecule is CCC(=O)Nc1ccc(S(=O)(=O)NCC(C)(C)N)cc1.Cl. The van der Waals surface area contributed by atoms with Gasteiger partial charge in [-0.2, -0.15) is 0 Å². The molecule has 8 heteroatoms. The maximum Gasteiger partial charge on any atom is 0.240 e. The van der Waals surface area contributed by atoms with Gasteiger partial charge in [-0.1, -0.05) is 6.92 Å². The zero-order valence-electron chi connectivity index (χ0n) is 12.3. The number of halogens is 1. The molecule has 120 valence electrons. The van der Waals surface area contributed by atoms with E-state index in [9.17, 15) is 13.2 Å². The Morgan fingerprint density at radius 1 is 1.24 bits per heavy atom. The first-order valence-electron chi connectivity index (χ1n) is 6.32. The molecule has 0 saturated carbocycles. The van der Waals surface area contributed by atoms with E-state index in [4.69, 9.17) is 5.73 Å². The highest BCUT2D eigenvalue weighted by atomic mass is 35.5. The lowest BCUT2D eigenvalue weighted by Crippen LogP contribution is -2.45.